The summed E-state index contributed by atoms with van der Waals surface area (Å²) in [4.78, 5) is 50.1. The first-order valence-electron chi connectivity index (χ1n) is 13.3. The normalized spacial score (nSPS) is 20.6. The van der Waals surface area contributed by atoms with Crippen molar-refractivity contribution in [2.45, 2.75) is 70.1 Å². The smallest absolute Gasteiger partial charge is 0.331 e. The lowest BCUT2D eigenvalue weighted by molar-refractivity contribution is -0.117. The Kier molecular flexibility index (Phi) is 6.68. The molecule has 2 fully saturated rings. The van der Waals surface area contributed by atoms with Gasteiger partial charge in [-0.25, -0.2) is 14.8 Å². The molecule has 0 bridgehead atoms. The van der Waals surface area contributed by atoms with Crippen molar-refractivity contribution in [3.8, 4) is 5.88 Å². The van der Waals surface area contributed by atoms with Crippen molar-refractivity contribution in [3.63, 3.8) is 0 Å². The molecular weight excluding hydrogens is 516 g/mol. The zero-order chi connectivity index (χ0) is 27.1. The number of carbonyl (C=O) groups is 3. The summed E-state index contributed by atoms with van der Waals surface area (Å²) in [6, 6.07) is 3.20. The van der Waals surface area contributed by atoms with Crippen LogP contribution in [0.4, 0.5) is 21.9 Å². The Morgan fingerprint density at radius 3 is 2.67 bits per heavy atom. The first-order chi connectivity index (χ1) is 18.9. The maximum absolute atomic E-state index is 13.5. The third kappa shape index (κ3) is 4.82. The fourth-order valence-corrected chi connectivity index (χ4v) is 6.76. The second kappa shape index (κ2) is 10.3. The van der Waals surface area contributed by atoms with Gasteiger partial charge in [-0.15, -0.1) is 11.3 Å². The molecule has 0 radical (unpaired) electrons. The predicted molar refractivity (Wildman–Crippen MR) is 150 cm³/mol. The van der Waals surface area contributed by atoms with Gasteiger partial charge in [-0.05, 0) is 69.6 Å². The van der Waals surface area contributed by atoms with Crippen LogP contribution in [0.25, 0.3) is 10.2 Å². The second-order valence-electron chi connectivity index (χ2n) is 10.3. The van der Waals surface area contributed by atoms with Crippen molar-refractivity contribution < 1.29 is 19.1 Å². The first kappa shape index (κ1) is 25.3. The third-order valence-corrected chi connectivity index (χ3v) is 8.74. The predicted octanol–water partition coefficient (Wildman–Crippen LogP) is 4.96. The lowest BCUT2D eigenvalue weighted by atomic mass is 10.1. The van der Waals surface area contributed by atoms with Crippen LogP contribution in [0.3, 0.4) is 0 Å². The number of nitrogens with zero attached hydrogens (tertiary/aromatic N) is 3. The van der Waals surface area contributed by atoms with Crippen molar-refractivity contribution in [3.05, 3.63) is 47.6 Å². The highest BCUT2D eigenvalue weighted by Crippen LogP contribution is 2.46. The van der Waals surface area contributed by atoms with Crippen molar-refractivity contribution in [2.24, 2.45) is 0 Å². The van der Waals surface area contributed by atoms with Gasteiger partial charge < -0.3 is 20.7 Å². The Hall–Kier alpha value is -3.99. The quantitative estimate of drug-likeness (QED) is 0.360. The molecule has 2 aliphatic carbocycles. The Labute approximate surface area is 229 Å². The number of urea groups is 1. The molecule has 2 saturated carbocycles. The molecule has 11 heteroatoms. The monoisotopic (exact) mass is 546 g/mol. The zero-order valence-electron chi connectivity index (χ0n) is 21.7. The fraction of sp³-hybridized carbons (Fsp3) is 0.393. The molecule has 4 heterocycles. The molecule has 10 nitrogen and oxygen atoms in total. The topological polar surface area (TPSA) is 126 Å². The van der Waals surface area contributed by atoms with E-state index in [2.05, 4.69) is 32.5 Å². The van der Waals surface area contributed by atoms with E-state index < -0.39 is 0 Å². The maximum Gasteiger partial charge on any atom is 0.331 e. The molecule has 0 spiro atoms. The van der Waals surface area contributed by atoms with Crippen molar-refractivity contribution in [1.29, 1.82) is 0 Å². The van der Waals surface area contributed by atoms with E-state index >= 15 is 0 Å². The van der Waals surface area contributed by atoms with Gasteiger partial charge in [-0.1, -0.05) is 6.58 Å². The SMILES string of the molecule is C=CC(=O)N[C@H]1CC[C@@H](NC(=O)c2sc3nccc4c3c2NC(=O)N4c2cnc(OC3CCCC3)cc2C)C1. The highest BCUT2D eigenvalue weighted by atomic mass is 32.1. The van der Waals surface area contributed by atoms with E-state index in [-0.39, 0.29) is 36.0 Å². The summed E-state index contributed by atoms with van der Waals surface area (Å²) in [5, 5.41) is 9.63. The summed E-state index contributed by atoms with van der Waals surface area (Å²) >= 11 is 1.25. The Bertz CT molecular complexity index is 1480. The number of hydrogen-bond donors (Lipinski definition) is 3. The fourth-order valence-electron chi connectivity index (χ4n) is 5.74. The Morgan fingerprint density at radius 2 is 1.92 bits per heavy atom. The molecule has 0 unspecified atom stereocenters. The van der Waals surface area contributed by atoms with E-state index in [1.54, 1.807) is 23.4 Å². The van der Waals surface area contributed by atoms with E-state index in [1.165, 1.54) is 30.3 Å². The summed E-state index contributed by atoms with van der Waals surface area (Å²) in [7, 11) is 0. The number of aromatic nitrogens is 2. The van der Waals surface area contributed by atoms with Gasteiger partial charge in [0, 0.05) is 24.3 Å². The number of pyridine rings is 2. The molecule has 3 aromatic rings. The molecule has 2 atom stereocenters. The number of aryl methyl sites for hydroxylation is 1. The lowest BCUT2D eigenvalue weighted by Crippen LogP contribution is -2.37. The van der Waals surface area contributed by atoms with Crippen molar-refractivity contribution in [1.82, 2.24) is 20.6 Å². The molecule has 3 aromatic heterocycles. The summed E-state index contributed by atoms with van der Waals surface area (Å²) in [5.41, 5.74) is 2.61. The number of anilines is 3. The largest absolute Gasteiger partial charge is 0.474 e. The second-order valence-corrected chi connectivity index (χ2v) is 11.3. The van der Waals surface area contributed by atoms with Crippen LogP contribution in [0.2, 0.25) is 0 Å². The average molecular weight is 547 g/mol. The van der Waals surface area contributed by atoms with Crippen LogP contribution in [-0.2, 0) is 4.79 Å². The minimum absolute atomic E-state index is 0.00473. The Balaban J connectivity index is 1.25. The standard InChI is InChI=1S/C28H30N6O4S/c1-3-21(35)31-16-8-9-17(13-16)32-26(36)25-24-23-19(10-11-29-27(23)39-25)34(28(37)33-24)20-14-30-22(12-15(20)2)38-18-6-4-5-7-18/h3,10-12,14,16-18H,1,4-9,13H2,2H3,(H,31,35)(H,32,36)(H,33,37)/t16-,17+/m0/s1. The van der Waals surface area contributed by atoms with Gasteiger partial charge in [-0.2, -0.15) is 0 Å². The molecule has 3 N–H and O–H groups in total. The number of nitrogens with one attached hydrogen (secondary N) is 3. The highest BCUT2D eigenvalue weighted by molar-refractivity contribution is 7.21. The maximum atomic E-state index is 13.5. The molecule has 4 amide bonds. The highest BCUT2D eigenvalue weighted by Gasteiger charge is 2.35. The van der Waals surface area contributed by atoms with Crippen LogP contribution >= 0.6 is 11.3 Å². The van der Waals surface area contributed by atoms with Crippen LogP contribution < -0.4 is 25.6 Å². The molecule has 39 heavy (non-hydrogen) atoms. The molecule has 1 aliphatic heterocycles. The molecule has 6 rings (SSSR count). The van der Waals surface area contributed by atoms with Crippen LogP contribution in [0.5, 0.6) is 5.88 Å². The third-order valence-electron chi connectivity index (χ3n) is 7.64. The van der Waals surface area contributed by atoms with Crippen LogP contribution in [-0.4, -0.2) is 46.0 Å². The number of hydrogen-bond acceptors (Lipinski definition) is 7. The molecule has 0 saturated heterocycles. The van der Waals surface area contributed by atoms with Gasteiger partial charge in [0.05, 0.1) is 28.6 Å². The van der Waals surface area contributed by atoms with Crippen LogP contribution in [0.1, 0.15) is 60.2 Å². The van der Waals surface area contributed by atoms with Crippen molar-refractivity contribution >= 4 is 56.5 Å². The molecule has 3 aliphatic rings. The van der Waals surface area contributed by atoms with E-state index in [0.29, 0.717) is 39.1 Å². The average Bonchev–Trinajstić information content (AvgIpc) is 3.67. The van der Waals surface area contributed by atoms with E-state index in [1.807, 2.05) is 13.0 Å². The first-order valence-corrected chi connectivity index (χ1v) is 14.1. The van der Waals surface area contributed by atoms with Gasteiger partial charge in [-0.3, -0.25) is 14.5 Å². The van der Waals surface area contributed by atoms with Crippen molar-refractivity contribution in [2.75, 3.05) is 10.2 Å². The van der Waals surface area contributed by atoms with E-state index in [0.717, 1.165) is 36.6 Å². The van der Waals surface area contributed by atoms with Gasteiger partial charge in [0.25, 0.3) is 5.91 Å². The minimum Gasteiger partial charge on any atom is -0.474 e. The van der Waals surface area contributed by atoms with Gasteiger partial charge >= 0.3 is 6.03 Å². The van der Waals surface area contributed by atoms with Crippen LogP contribution in [0, 0.1) is 6.92 Å². The van der Waals surface area contributed by atoms with E-state index in [4.69, 9.17) is 4.74 Å². The summed E-state index contributed by atoms with van der Waals surface area (Å²) < 4.78 is 6.05. The summed E-state index contributed by atoms with van der Waals surface area (Å²) in [6.07, 6.45) is 11.4. The molecular formula is C28H30N6O4S. The van der Waals surface area contributed by atoms with Crippen LogP contribution in [0.15, 0.2) is 37.2 Å². The zero-order valence-corrected chi connectivity index (χ0v) is 22.5. The minimum atomic E-state index is -0.370. The van der Waals surface area contributed by atoms with E-state index in [9.17, 15) is 14.4 Å². The number of carbonyl (C=O) groups excluding carboxylic acids is 3. The number of amides is 4. The number of rotatable bonds is 7. The number of ether oxygens (including phenoxy) is 1. The summed E-state index contributed by atoms with van der Waals surface area (Å²) in [6.45, 7) is 5.42. The number of thiophene rings is 1. The van der Waals surface area contributed by atoms with Gasteiger partial charge in [0.2, 0.25) is 11.8 Å². The lowest BCUT2D eigenvalue weighted by Gasteiger charge is -2.29. The molecule has 0 aromatic carbocycles. The summed E-state index contributed by atoms with van der Waals surface area (Å²) in [5.74, 6) is 0.0849. The Morgan fingerprint density at radius 1 is 1.15 bits per heavy atom. The molecule has 202 valence electrons. The van der Waals surface area contributed by atoms with Gasteiger partial charge in [0.1, 0.15) is 15.8 Å². The van der Waals surface area contributed by atoms with Gasteiger partial charge in [0.15, 0.2) is 0 Å².